The van der Waals surface area contributed by atoms with Crippen LogP contribution in [0.5, 0.6) is 0 Å². The fraction of sp³-hybridized carbons (Fsp3) is 0.600. The maximum Gasteiger partial charge on any atom is 0.0447 e. The third-order valence-corrected chi connectivity index (χ3v) is 3.00. The summed E-state index contributed by atoms with van der Waals surface area (Å²) < 4.78 is 0. The summed E-state index contributed by atoms with van der Waals surface area (Å²) in [6.45, 7) is 8.45. The molecule has 2 N–H and O–H groups in total. The van der Waals surface area contributed by atoms with Crippen LogP contribution < -0.4 is 10.2 Å². The Morgan fingerprint density at radius 3 is 2.67 bits per heavy atom. The highest BCUT2D eigenvalue weighted by atomic mass is 16.3. The molecule has 0 unspecified atom stereocenters. The molecule has 0 spiro atoms. The second-order valence-corrected chi connectivity index (χ2v) is 5.17. The molecule has 102 valence electrons. The van der Waals surface area contributed by atoms with E-state index in [0.717, 1.165) is 19.5 Å². The van der Waals surface area contributed by atoms with Crippen molar-refractivity contribution in [1.29, 1.82) is 0 Å². The van der Waals surface area contributed by atoms with Crippen LogP contribution in [0.3, 0.4) is 0 Å². The van der Waals surface area contributed by atoms with Crippen LogP contribution in [-0.2, 0) is 6.54 Å². The van der Waals surface area contributed by atoms with Crippen LogP contribution in [0.4, 0.5) is 5.69 Å². The van der Waals surface area contributed by atoms with Crippen LogP contribution in [0.2, 0.25) is 0 Å². The number of aryl methyl sites for hydroxylation is 1. The number of benzene rings is 1. The molecule has 0 aromatic heterocycles. The van der Waals surface area contributed by atoms with Crippen LogP contribution >= 0.6 is 0 Å². The van der Waals surface area contributed by atoms with Crippen LogP contribution in [0.15, 0.2) is 18.2 Å². The average Bonchev–Trinajstić information content (AvgIpc) is 2.33. The van der Waals surface area contributed by atoms with Crippen molar-refractivity contribution in [1.82, 2.24) is 5.32 Å². The van der Waals surface area contributed by atoms with Gasteiger partial charge < -0.3 is 15.3 Å². The first-order chi connectivity index (χ1) is 8.54. The Bertz CT molecular complexity index is 364. The van der Waals surface area contributed by atoms with E-state index in [1.807, 2.05) is 0 Å². The van der Waals surface area contributed by atoms with E-state index in [1.54, 1.807) is 0 Å². The zero-order valence-electron chi connectivity index (χ0n) is 12.0. The zero-order valence-corrected chi connectivity index (χ0v) is 12.0. The molecule has 0 saturated carbocycles. The first-order valence-electron chi connectivity index (χ1n) is 6.69. The summed E-state index contributed by atoms with van der Waals surface area (Å²) in [5.41, 5.74) is 3.86. The first kappa shape index (κ1) is 15.0. The molecule has 0 aliphatic heterocycles. The standard InChI is InChI=1S/C15H26N2O/c1-12(2)16-11-14-10-13(3)6-7-15(14)17(4)8-5-9-18/h6-7,10,12,16,18H,5,8-9,11H2,1-4H3. The predicted octanol–water partition coefficient (Wildman–Crippen LogP) is 2.31. The van der Waals surface area contributed by atoms with Gasteiger partial charge in [-0.25, -0.2) is 0 Å². The first-order valence-corrected chi connectivity index (χ1v) is 6.69. The Labute approximate surface area is 111 Å². The van der Waals surface area contributed by atoms with E-state index in [-0.39, 0.29) is 6.61 Å². The Kier molecular flexibility index (Phi) is 6.16. The Hall–Kier alpha value is -1.06. The number of aliphatic hydroxyl groups is 1. The summed E-state index contributed by atoms with van der Waals surface area (Å²) in [4.78, 5) is 2.22. The van der Waals surface area contributed by atoms with E-state index in [9.17, 15) is 0 Å². The van der Waals surface area contributed by atoms with E-state index in [4.69, 9.17) is 5.11 Å². The van der Waals surface area contributed by atoms with E-state index in [0.29, 0.717) is 6.04 Å². The quantitative estimate of drug-likeness (QED) is 0.779. The normalized spacial score (nSPS) is 11.0. The predicted molar refractivity (Wildman–Crippen MR) is 78.1 cm³/mol. The molecule has 0 amide bonds. The van der Waals surface area contributed by atoms with Crippen LogP contribution in [0.1, 0.15) is 31.4 Å². The number of anilines is 1. The van der Waals surface area contributed by atoms with Gasteiger partial charge in [0.05, 0.1) is 0 Å². The summed E-state index contributed by atoms with van der Waals surface area (Å²) >= 11 is 0. The monoisotopic (exact) mass is 250 g/mol. The van der Waals surface area contributed by atoms with Gasteiger partial charge in [-0.2, -0.15) is 0 Å². The molecule has 0 radical (unpaired) electrons. The van der Waals surface area contributed by atoms with E-state index < -0.39 is 0 Å². The summed E-state index contributed by atoms with van der Waals surface area (Å²) in [7, 11) is 2.08. The average molecular weight is 250 g/mol. The van der Waals surface area contributed by atoms with E-state index in [2.05, 4.69) is 56.2 Å². The second kappa shape index (κ2) is 7.39. The Balaban J connectivity index is 2.81. The lowest BCUT2D eigenvalue weighted by atomic mass is 10.1. The maximum atomic E-state index is 8.91. The number of nitrogens with one attached hydrogen (secondary N) is 1. The number of aliphatic hydroxyl groups excluding tert-OH is 1. The van der Waals surface area contributed by atoms with E-state index >= 15 is 0 Å². The summed E-state index contributed by atoms with van der Waals surface area (Å²) in [5, 5.41) is 12.4. The van der Waals surface area contributed by atoms with Gasteiger partial charge in [0.25, 0.3) is 0 Å². The third-order valence-electron chi connectivity index (χ3n) is 3.00. The number of nitrogens with zero attached hydrogens (tertiary/aromatic N) is 1. The summed E-state index contributed by atoms with van der Waals surface area (Å²) in [6.07, 6.45) is 0.807. The van der Waals surface area contributed by atoms with Crippen molar-refractivity contribution in [3.05, 3.63) is 29.3 Å². The lowest BCUT2D eigenvalue weighted by Gasteiger charge is -2.23. The number of rotatable bonds is 7. The molecule has 3 nitrogen and oxygen atoms in total. The maximum absolute atomic E-state index is 8.91. The van der Waals surface area contributed by atoms with Crippen molar-refractivity contribution in [3.63, 3.8) is 0 Å². The topological polar surface area (TPSA) is 35.5 Å². The SMILES string of the molecule is Cc1ccc(N(C)CCCO)c(CNC(C)C)c1. The minimum atomic E-state index is 0.246. The van der Waals surface area contributed by atoms with Gasteiger partial charge in [-0.05, 0) is 25.0 Å². The molecule has 0 atom stereocenters. The highest BCUT2D eigenvalue weighted by molar-refractivity contribution is 5.54. The van der Waals surface area contributed by atoms with Crippen molar-refractivity contribution >= 4 is 5.69 Å². The van der Waals surface area contributed by atoms with Gasteiger partial charge in [0, 0.05) is 38.5 Å². The molecule has 1 aromatic rings. The van der Waals surface area contributed by atoms with Crippen molar-refractivity contribution < 1.29 is 5.11 Å². The van der Waals surface area contributed by atoms with Crippen molar-refractivity contribution in [2.24, 2.45) is 0 Å². The number of hydrogen-bond donors (Lipinski definition) is 2. The minimum Gasteiger partial charge on any atom is -0.396 e. The second-order valence-electron chi connectivity index (χ2n) is 5.17. The lowest BCUT2D eigenvalue weighted by molar-refractivity contribution is 0.290. The lowest BCUT2D eigenvalue weighted by Crippen LogP contribution is -2.25. The molecule has 0 bridgehead atoms. The van der Waals surface area contributed by atoms with Gasteiger partial charge in [-0.15, -0.1) is 0 Å². The summed E-state index contributed by atoms with van der Waals surface area (Å²) in [6, 6.07) is 7.04. The summed E-state index contributed by atoms with van der Waals surface area (Å²) in [5.74, 6) is 0. The van der Waals surface area contributed by atoms with Crippen LogP contribution in [0.25, 0.3) is 0 Å². The minimum absolute atomic E-state index is 0.246. The molecule has 0 aliphatic rings. The van der Waals surface area contributed by atoms with Crippen molar-refractivity contribution in [2.75, 3.05) is 25.1 Å². The molecule has 1 aromatic carbocycles. The number of hydrogen-bond acceptors (Lipinski definition) is 3. The van der Waals surface area contributed by atoms with Crippen LogP contribution in [-0.4, -0.2) is 31.3 Å². The Morgan fingerprint density at radius 1 is 1.33 bits per heavy atom. The van der Waals surface area contributed by atoms with Gasteiger partial charge in [0.15, 0.2) is 0 Å². The Morgan fingerprint density at radius 2 is 2.06 bits per heavy atom. The van der Waals surface area contributed by atoms with Gasteiger partial charge in [0.1, 0.15) is 0 Å². The highest BCUT2D eigenvalue weighted by Crippen LogP contribution is 2.21. The molecule has 1 rings (SSSR count). The molecule has 18 heavy (non-hydrogen) atoms. The molecule has 0 saturated heterocycles. The van der Waals surface area contributed by atoms with Gasteiger partial charge in [-0.3, -0.25) is 0 Å². The zero-order chi connectivity index (χ0) is 13.5. The molecule has 0 aliphatic carbocycles. The fourth-order valence-corrected chi connectivity index (χ4v) is 1.97. The highest BCUT2D eigenvalue weighted by Gasteiger charge is 2.08. The smallest absolute Gasteiger partial charge is 0.0447 e. The van der Waals surface area contributed by atoms with E-state index in [1.165, 1.54) is 16.8 Å². The molecule has 0 heterocycles. The van der Waals surface area contributed by atoms with Gasteiger partial charge in [0.2, 0.25) is 0 Å². The van der Waals surface area contributed by atoms with Gasteiger partial charge >= 0.3 is 0 Å². The van der Waals surface area contributed by atoms with Crippen LogP contribution in [0, 0.1) is 6.92 Å². The third kappa shape index (κ3) is 4.67. The molecular formula is C15H26N2O. The molecule has 3 heteroatoms. The van der Waals surface area contributed by atoms with Crippen molar-refractivity contribution in [3.8, 4) is 0 Å². The molecule has 0 fully saturated rings. The fourth-order valence-electron chi connectivity index (χ4n) is 1.97. The van der Waals surface area contributed by atoms with Crippen molar-refractivity contribution in [2.45, 2.75) is 39.8 Å². The molecular weight excluding hydrogens is 224 g/mol. The van der Waals surface area contributed by atoms with Gasteiger partial charge in [-0.1, -0.05) is 31.5 Å². The largest absolute Gasteiger partial charge is 0.396 e.